The second-order valence-electron chi connectivity index (χ2n) is 12.1. The number of rotatable bonds is 6. The summed E-state index contributed by atoms with van der Waals surface area (Å²) in [6.45, 7) is 10.8. The van der Waals surface area contributed by atoms with Gasteiger partial charge in [0, 0.05) is 26.3 Å². The second-order valence-corrected chi connectivity index (χ2v) is 12.1. The monoisotopic (exact) mass is 548 g/mol. The zero-order valence-corrected chi connectivity index (χ0v) is 24.3. The molecule has 0 amide bonds. The quantitative estimate of drug-likeness (QED) is 0.196. The first-order chi connectivity index (χ1) is 18.8. The Hall–Kier alpha value is -3.48. The molecule has 6 atom stereocenters. The van der Waals surface area contributed by atoms with Gasteiger partial charge in [0.2, 0.25) is 5.78 Å². The van der Waals surface area contributed by atoms with Crippen LogP contribution < -0.4 is 0 Å². The fourth-order valence-electron chi connectivity index (χ4n) is 6.67. The lowest BCUT2D eigenvalue weighted by Gasteiger charge is -2.34. The van der Waals surface area contributed by atoms with Gasteiger partial charge in [-0.1, -0.05) is 63.3 Å². The molecule has 40 heavy (non-hydrogen) atoms. The molecule has 3 aliphatic rings. The van der Waals surface area contributed by atoms with Gasteiger partial charge in [-0.25, -0.2) is 4.79 Å². The van der Waals surface area contributed by atoms with Crippen LogP contribution in [-0.2, 0) is 33.4 Å². The summed E-state index contributed by atoms with van der Waals surface area (Å²) in [6.07, 6.45) is 7.91. The normalized spacial score (nSPS) is 33.8. The summed E-state index contributed by atoms with van der Waals surface area (Å²) < 4.78 is 17.3. The summed E-state index contributed by atoms with van der Waals surface area (Å²) in [5, 5.41) is 0. The van der Waals surface area contributed by atoms with E-state index in [4.69, 9.17) is 14.2 Å². The Morgan fingerprint density at radius 2 is 1.73 bits per heavy atom. The number of hydrogen-bond donors (Lipinski definition) is 0. The van der Waals surface area contributed by atoms with Gasteiger partial charge in [0.25, 0.3) is 0 Å². The lowest BCUT2D eigenvalue weighted by Crippen LogP contribution is -2.48. The van der Waals surface area contributed by atoms with Gasteiger partial charge in [0.05, 0.1) is 5.92 Å². The minimum Gasteiger partial charge on any atom is -0.461 e. The predicted octanol–water partition coefficient (Wildman–Crippen LogP) is 5.64. The molecule has 1 aromatic carbocycles. The Bertz CT molecular complexity index is 1250. The summed E-state index contributed by atoms with van der Waals surface area (Å²) in [5.74, 6) is -2.26. The molecule has 214 valence electrons. The molecule has 0 spiro atoms. The van der Waals surface area contributed by atoms with Crippen molar-refractivity contribution in [1.82, 2.24) is 0 Å². The summed E-state index contributed by atoms with van der Waals surface area (Å²) in [5.41, 5.74) is 0.713. The topological polar surface area (TPSA) is 96.0 Å². The molecule has 4 rings (SSSR count). The van der Waals surface area contributed by atoms with Crippen LogP contribution in [-0.4, -0.2) is 42.0 Å². The number of ether oxygens (including phenoxy) is 3. The molecule has 0 heterocycles. The first-order valence-corrected chi connectivity index (χ1v) is 14.0. The minimum atomic E-state index is -1.54. The van der Waals surface area contributed by atoms with Crippen LogP contribution in [0.5, 0.6) is 0 Å². The molecule has 0 N–H and O–H groups in total. The minimum absolute atomic E-state index is 0.0351. The van der Waals surface area contributed by atoms with Gasteiger partial charge < -0.3 is 14.2 Å². The molecule has 7 nitrogen and oxygen atoms in total. The average Bonchev–Trinajstić information content (AvgIpc) is 3.30. The van der Waals surface area contributed by atoms with Crippen molar-refractivity contribution in [3.05, 3.63) is 65.3 Å². The van der Waals surface area contributed by atoms with E-state index in [9.17, 15) is 19.2 Å². The van der Waals surface area contributed by atoms with E-state index in [1.807, 2.05) is 49.4 Å². The van der Waals surface area contributed by atoms with Crippen molar-refractivity contribution in [3.63, 3.8) is 0 Å². The molecular formula is C33H40O7. The Morgan fingerprint density at radius 3 is 2.38 bits per heavy atom. The van der Waals surface area contributed by atoms with Gasteiger partial charge in [-0.05, 0) is 65.7 Å². The molecule has 7 heteroatoms. The number of esters is 3. The molecule has 2 saturated carbocycles. The summed E-state index contributed by atoms with van der Waals surface area (Å²) >= 11 is 0. The maximum absolute atomic E-state index is 14.2. The number of fused-ring (bicyclic) bond motifs is 2. The van der Waals surface area contributed by atoms with E-state index in [1.165, 1.54) is 19.9 Å². The molecule has 0 unspecified atom stereocenters. The van der Waals surface area contributed by atoms with Crippen molar-refractivity contribution in [3.8, 4) is 0 Å². The Balaban J connectivity index is 1.76. The van der Waals surface area contributed by atoms with Gasteiger partial charge in [0.15, 0.2) is 5.60 Å². The second kappa shape index (κ2) is 11.6. The number of carbonyl (C=O) groups is 4. The van der Waals surface area contributed by atoms with E-state index >= 15 is 0 Å². The maximum atomic E-state index is 14.2. The van der Waals surface area contributed by atoms with Crippen LogP contribution in [0.15, 0.2) is 59.7 Å². The van der Waals surface area contributed by atoms with Crippen molar-refractivity contribution >= 4 is 29.8 Å². The molecule has 0 aromatic heterocycles. The third-order valence-electron chi connectivity index (χ3n) is 8.83. The van der Waals surface area contributed by atoms with Gasteiger partial charge in [0.1, 0.15) is 12.7 Å². The number of ketones is 1. The summed E-state index contributed by atoms with van der Waals surface area (Å²) in [4.78, 5) is 51.4. The standard InChI is InChI=1S/C33H40O7/c1-20-16-27-26(32(27,5)6)14-12-25(19-38-22(3)34)17-28-30(21(2)18-33(28,31(20)37)40-23(4)35)39-29(36)15-13-24-10-8-7-9-11-24/h7-11,13,15-17,21,26-28,30H,12,14,18-19H2,1-6H3/b15-13+,20-16+,25-17-/t21-,26-,27+,28-,30-,33+/m0/s1. The van der Waals surface area contributed by atoms with E-state index in [2.05, 4.69) is 13.8 Å². The number of hydrogen-bond acceptors (Lipinski definition) is 7. The van der Waals surface area contributed by atoms with Gasteiger partial charge >= 0.3 is 17.9 Å². The lowest BCUT2D eigenvalue weighted by molar-refractivity contribution is -0.169. The van der Waals surface area contributed by atoms with Gasteiger partial charge in [-0.15, -0.1) is 0 Å². The van der Waals surface area contributed by atoms with Crippen molar-refractivity contribution < 1.29 is 33.4 Å². The van der Waals surface area contributed by atoms with Crippen LogP contribution >= 0.6 is 0 Å². The van der Waals surface area contributed by atoms with Crippen LogP contribution in [0.2, 0.25) is 0 Å². The zero-order valence-electron chi connectivity index (χ0n) is 24.3. The van der Waals surface area contributed by atoms with Crippen LogP contribution in [0.25, 0.3) is 6.08 Å². The molecule has 0 saturated heterocycles. The van der Waals surface area contributed by atoms with Crippen molar-refractivity contribution in [2.45, 2.75) is 72.5 Å². The van der Waals surface area contributed by atoms with E-state index in [-0.39, 0.29) is 36.1 Å². The lowest BCUT2D eigenvalue weighted by atomic mass is 9.81. The number of benzene rings is 1. The molecule has 3 aliphatic carbocycles. The molecular weight excluding hydrogens is 508 g/mol. The van der Waals surface area contributed by atoms with Crippen LogP contribution in [0.1, 0.15) is 66.4 Å². The predicted molar refractivity (Wildman–Crippen MR) is 151 cm³/mol. The smallest absolute Gasteiger partial charge is 0.331 e. The van der Waals surface area contributed by atoms with Crippen molar-refractivity contribution in [2.75, 3.05) is 6.61 Å². The fraction of sp³-hybridized carbons (Fsp3) is 0.515. The summed E-state index contributed by atoms with van der Waals surface area (Å²) in [7, 11) is 0. The van der Waals surface area contributed by atoms with E-state index < -0.39 is 35.5 Å². The molecule has 0 aliphatic heterocycles. The zero-order chi connectivity index (χ0) is 29.2. The highest BCUT2D eigenvalue weighted by Crippen LogP contribution is 2.62. The van der Waals surface area contributed by atoms with Crippen LogP contribution in [0, 0.1) is 29.1 Å². The third-order valence-corrected chi connectivity index (χ3v) is 8.83. The van der Waals surface area contributed by atoms with Crippen molar-refractivity contribution in [2.24, 2.45) is 29.1 Å². The summed E-state index contributed by atoms with van der Waals surface area (Å²) in [6, 6.07) is 9.40. The van der Waals surface area contributed by atoms with E-state index in [0.717, 1.165) is 17.6 Å². The van der Waals surface area contributed by atoms with Crippen molar-refractivity contribution in [1.29, 1.82) is 0 Å². The number of carbonyl (C=O) groups excluding carboxylic acids is 4. The average molecular weight is 549 g/mol. The Kier molecular flexibility index (Phi) is 8.52. The molecule has 0 radical (unpaired) electrons. The highest BCUT2D eigenvalue weighted by Gasteiger charge is 2.61. The highest BCUT2D eigenvalue weighted by atomic mass is 16.6. The number of Topliss-reactive ketones (excluding diaryl/α,β-unsaturated/α-hetero) is 1. The Morgan fingerprint density at radius 1 is 1.02 bits per heavy atom. The molecule has 0 bridgehead atoms. The van der Waals surface area contributed by atoms with Gasteiger partial charge in [-0.2, -0.15) is 0 Å². The van der Waals surface area contributed by atoms with Crippen LogP contribution in [0.4, 0.5) is 0 Å². The molecule has 1 aromatic rings. The highest BCUT2D eigenvalue weighted by molar-refractivity contribution is 6.03. The number of allylic oxidation sites excluding steroid dienone is 1. The first-order valence-electron chi connectivity index (χ1n) is 14.0. The van der Waals surface area contributed by atoms with Crippen LogP contribution in [0.3, 0.4) is 0 Å². The first kappa shape index (κ1) is 29.5. The molecule has 2 fully saturated rings. The van der Waals surface area contributed by atoms with E-state index in [0.29, 0.717) is 17.9 Å². The SMILES string of the molecule is CC(=O)OC/C1=C\[C@H]2[C@@H](OC(=O)/C=C/c3ccccc3)[C@@H](C)C[C@]2(OC(C)=O)C(=O)/C(C)=C/[C@@H]2[C@H](CC1)C2(C)C. The van der Waals surface area contributed by atoms with Gasteiger partial charge in [-0.3, -0.25) is 14.4 Å². The third kappa shape index (κ3) is 6.13. The fourth-order valence-corrected chi connectivity index (χ4v) is 6.67. The maximum Gasteiger partial charge on any atom is 0.331 e. The largest absolute Gasteiger partial charge is 0.461 e. The Labute approximate surface area is 236 Å². The van der Waals surface area contributed by atoms with E-state index in [1.54, 1.807) is 13.0 Å².